The highest BCUT2D eigenvalue weighted by atomic mass is 16.5. The number of ether oxygens (including phenoxy) is 2. The Morgan fingerprint density at radius 2 is 1.00 bits per heavy atom. The van der Waals surface area contributed by atoms with Crippen LogP contribution in [0.2, 0.25) is 0 Å². The Morgan fingerprint density at radius 3 is 1.44 bits per heavy atom. The van der Waals surface area contributed by atoms with Gasteiger partial charge in [-0.1, -0.05) is 60.7 Å². The van der Waals surface area contributed by atoms with Crippen molar-refractivity contribution in [2.24, 2.45) is 0 Å². The molecule has 2 aromatic carbocycles. The first kappa shape index (κ1) is 19.6. The monoisotopic (exact) mass is 341 g/mol. The van der Waals surface area contributed by atoms with Crippen molar-refractivity contribution in [1.29, 1.82) is 0 Å². The number of nitrogens with one attached hydrogen (secondary N) is 1. The summed E-state index contributed by atoms with van der Waals surface area (Å²) >= 11 is 0. The zero-order chi connectivity index (χ0) is 17.4. The Labute approximate surface area is 152 Å². The van der Waals surface area contributed by atoms with Crippen molar-refractivity contribution in [1.82, 2.24) is 5.32 Å². The molecule has 25 heavy (non-hydrogen) atoms. The molecule has 0 aliphatic heterocycles. The largest absolute Gasteiger partial charge is 0.377 e. The lowest BCUT2D eigenvalue weighted by atomic mass is 10.2. The van der Waals surface area contributed by atoms with E-state index < -0.39 is 0 Å². The summed E-state index contributed by atoms with van der Waals surface area (Å²) in [5, 5.41) is 3.49. The van der Waals surface area contributed by atoms with Crippen LogP contribution in [0.1, 0.15) is 36.8 Å². The molecule has 0 saturated carbocycles. The van der Waals surface area contributed by atoms with Gasteiger partial charge in [0.1, 0.15) is 0 Å². The van der Waals surface area contributed by atoms with Crippen LogP contribution in [-0.4, -0.2) is 26.3 Å². The SMILES string of the molecule is c1ccc(COCCCCNCCCCOCc2ccccc2)cc1. The van der Waals surface area contributed by atoms with E-state index in [1.807, 2.05) is 12.1 Å². The highest BCUT2D eigenvalue weighted by molar-refractivity contribution is 5.14. The van der Waals surface area contributed by atoms with Gasteiger partial charge in [-0.3, -0.25) is 0 Å². The molecule has 0 radical (unpaired) electrons. The van der Waals surface area contributed by atoms with E-state index >= 15 is 0 Å². The van der Waals surface area contributed by atoms with Crippen molar-refractivity contribution >= 4 is 0 Å². The zero-order valence-electron chi connectivity index (χ0n) is 15.2. The number of hydrogen-bond acceptors (Lipinski definition) is 3. The molecule has 1 N–H and O–H groups in total. The van der Waals surface area contributed by atoms with Gasteiger partial charge in [0, 0.05) is 13.2 Å². The summed E-state index contributed by atoms with van der Waals surface area (Å²) in [7, 11) is 0. The van der Waals surface area contributed by atoms with Gasteiger partial charge in [-0.25, -0.2) is 0 Å². The molecular formula is C22H31NO2. The van der Waals surface area contributed by atoms with E-state index in [0.717, 1.165) is 52.4 Å². The van der Waals surface area contributed by atoms with E-state index in [4.69, 9.17) is 9.47 Å². The number of hydrogen-bond donors (Lipinski definition) is 1. The van der Waals surface area contributed by atoms with Crippen LogP contribution in [-0.2, 0) is 22.7 Å². The van der Waals surface area contributed by atoms with Crippen molar-refractivity contribution in [3.8, 4) is 0 Å². The maximum atomic E-state index is 5.68. The predicted octanol–water partition coefficient (Wildman–Crippen LogP) is 4.57. The zero-order valence-corrected chi connectivity index (χ0v) is 15.2. The summed E-state index contributed by atoms with van der Waals surface area (Å²) in [4.78, 5) is 0. The molecule has 0 heterocycles. The minimum Gasteiger partial charge on any atom is -0.377 e. The summed E-state index contributed by atoms with van der Waals surface area (Å²) in [5.74, 6) is 0. The summed E-state index contributed by atoms with van der Waals surface area (Å²) in [6.07, 6.45) is 4.55. The Hall–Kier alpha value is -1.68. The van der Waals surface area contributed by atoms with Crippen molar-refractivity contribution in [2.75, 3.05) is 26.3 Å². The van der Waals surface area contributed by atoms with Crippen LogP contribution in [0.25, 0.3) is 0 Å². The highest BCUT2D eigenvalue weighted by Gasteiger charge is 1.95. The van der Waals surface area contributed by atoms with Gasteiger partial charge in [0.25, 0.3) is 0 Å². The third-order valence-corrected chi connectivity index (χ3v) is 4.01. The molecule has 0 amide bonds. The molecule has 0 bridgehead atoms. The summed E-state index contributed by atoms with van der Waals surface area (Å²) < 4.78 is 11.4. The number of unbranched alkanes of at least 4 members (excludes halogenated alkanes) is 2. The lowest BCUT2D eigenvalue weighted by molar-refractivity contribution is 0.116. The van der Waals surface area contributed by atoms with Crippen LogP contribution < -0.4 is 5.32 Å². The molecule has 0 aliphatic rings. The Balaban J connectivity index is 1.30. The Morgan fingerprint density at radius 1 is 0.560 bits per heavy atom. The van der Waals surface area contributed by atoms with Crippen LogP contribution in [0, 0.1) is 0 Å². The molecule has 3 heteroatoms. The van der Waals surface area contributed by atoms with Crippen molar-refractivity contribution in [3.05, 3.63) is 71.8 Å². The molecule has 0 aromatic heterocycles. The Kier molecular flexibility index (Phi) is 10.7. The summed E-state index contributed by atoms with van der Waals surface area (Å²) in [6, 6.07) is 20.7. The second-order valence-electron chi connectivity index (χ2n) is 6.24. The van der Waals surface area contributed by atoms with E-state index in [2.05, 4.69) is 53.8 Å². The standard InChI is InChI=1S/C22H31NO2/c1-3-11-21(12-4-1)19-24-17-9-7-15-23-16-8-10-18-25-20-22-13-5-2-6-14-22/h1-6,11-14,23H,7-10,15-20H2. The minimum atomic E-state index is 0.719. The average Bonchev–Trinajstić information content (AvgIpc) is 2.67. The lowest BCUT2D eigenvalue weighted by Crippen LogP contribution is -2.17. The van der Waals surface area contributed by atoms with Crippen LogP contribution in [0.4, 0.5) is 0 Å². The normalized spacial score (nSPS) is 10.9. The first-order chi connectivity index (χ1) is 12.4. The second kappa shape index (κ2) is 13.6. The molecule has 0 unspecified atom stereocenters. The van der Waals surface area contributed by atoms with Gasteiger partial charge in [0.15, 0.2) is 0 Å². The maximum Gasteiger partial charge on any atom is 0.0716 e. The molecule has 0 fully saturated rings. The van der Waals surface area contributed by atoms with E-state index in [0.29, 0.717) is 0 Å². The fourth-order valence-electron chi connectivity index (χ4n) is 2.56. The topological polar surface area (TPSA) is 30.5 Å². The fraction of sp³-hybridized carbons (Fsp3) is 0.455. The van der Waals surface area contributed by atoms with Crippen LogP contribution >= 0.6 is 0 Å². The number of benzene rings is 2. The Bertz CT molecular complexity index is 481. The lowest BCUT2D eigenvalue weighted by Gasteiger charge is -2.07. The molecule has 2 aromatic rings. The molecule has 136 valence electrons. The first-order valence-corrected chi connectivity index (χ1v) is 9.39. The van der Waals surface area contributed by atoms with Gasteiger partial charge < -0.3 is 14.8 Å². The summed E-state index contributed by atoms with van der Waals surface area (Å²) in [6.45, 7) is 5.25. The average molecular weight is 341 g/mol. The van der Waals surface area contributed by atoms with Crippen molar-refractivity contribution in [3.63, 3.8) is 0 Å². The third kappa shape index (κ3) is 10.0. The van der Waals surface area contributed by atoms with E-state index in [-0.39, 0.29) is 0 Å². The first-order valence-electron chi connectivity index (χ1n) is 9.39. The van der Waals surface area contributed by atoms with Gasteiger partial charge in [-0.05, 0) is 49.9 Å². The van der Waals surface area contributed by atoms with Gasteiger partial charge in [0.05, 0.1) is 13.2 Å². The second-order valence-corrected chi connectivity index (χ2v) is 6.24. The van der Waals surface area contributed by atoms with Crippen LogP contribution in [0.3, 0.4) is 0 Å². The quantitative estimate of drug-likeness (QED) is 0.511. The fourth-order valence-corrected chi connectivity index (χ4v) is 2.56. The smallest absolute Gasteiger partial charge is 0.0716 e. The van der Waals surface area contributed by atoms with Crippen molar-refractivity contribution < 1.29 is 9.47 Å². The minimum absolute atomic E-state index is 0.719. The van der Waals surface area contributed by atoms with E-state index in [9.17, 15) is 0 Å². The molecule has 2 rings (SSSR count). The molecule has 0 atom stereocenters. The van der Waals surface area contributed by atoms with E-state index in [1.165, 1.54) is 24.0 Å². The van der Waals surface area contributed by atoms with Gasteiger partial charge >= 0.3 is 0 Å². The molecule has 0 spiro atoms. The maximum absolute atomic E-state index is 5.68. The van der Waals surface area contributed by atoms with Crippen LogP contribution in [0.15, 0.2) is 60.7 Å². The third-order valence-electron chi connectivity index (χ3n) is 4.01. The van der Waals surface area contributed by atoms with E-state index in [1.54, 1.807) is 0 Å². The van der Waals surface area contributed by atoms with Gasteiger partial charge in [0.2, 0.25) is 0 Å². The molecule has 3 nitrogen and oxygen atoms in total. The van der Waals surface area contributed by atoms with Crippen molar-refractivity contribution in [2.45, 2.75) is 38.9 Å². The molecular weight excluding hydrogens is 310 g/mol. The van der Waals surface area contributed by atoms with Gasteiger partial charge in [-0.2, -0.15) is 0 Å². The predicted molar refractivity (Wildman–Crippen MR) is 104 cm³/mol. The summed E-state index contributed by atoms with van der Waals surface area (Å²) in [5.41, 5.74) is 2.49. The van der Waals surface area contributed by atoms with Gasteiger partial charge in [-0.15, -0.1) is 0 Å². The number of rotatable bonds is 14. The highest BCUT2D eigenvalue weighted by Crippen LogP contribution is 2.02. The molecule has 0 aliphatic carbocycles. The van der Waals surface area contributed by atoms with Crippen LogP contribution in [0.5, 0.6) is 0 Å². The molecule has 0 saturated heterocycles.